The molecule has 0 radical (unpaired) electrons. The van der Waals surface area contributed by atoms with Crippen LogP contribution in [0.25, 0.3) is 5.69 Å². The van der Waals surface area contributed by atoms with Gasteiger partial charge in [0.2, 0.25) is 0 Å². The number of methoxy groups -OCH3 is 1. The van der Waals surface area contributed by atoms with Crippen molar-refractivity contribution < 1.29 is 19.1 Å². The van der Waals surface area contributed by atoms with E-state index in [0.717, 1.165) is 22.7 Å². The summed E-state index contributed by atoms with van der Waals surface area (Å²) >= 11 is 0. The van der Waals surface area contributed by atoms with Crippen LogP contribution >= 0.6 is 0 Å². The molecule has 136 valence electrons. The van der Waals surface area contributed by atoms with Gasteiger partial charge in [-0.1, -0.05) is 0 Å². The quantitative estimate of drug-likeness (QED) is 0.710. The van der Waals surface area contributed by atoms with Crippen molar-refractivity contribution in [2.75, 3.05) is 7.11 Å². The average Bonchev–Trinajstić information content (AvgIpc) is 3.28. The second-order valence-corrected chi connectivity index (χ2v) is 5.91. The van der Waals surface area contributed by atoms with Crippen LogP contribution in [0.15, 0.2) is 47.0 Å². The Morgan fingerprint density at radius 1 is 1.31 bits per heavy atom. The van der Waals surface area contributed by atoms with Crippen LogP contribution in [0.1, 0.15) is 40.5 Å². The van der Waals surface area contributed by atoms with Gasteiger partial charge >= 0.3 is 0 Å². The van der Waals surface area contributed by atoms with Crippen LogP contribution in [0, 0.1) is 6.92 Å². The standard InChI is InChI=1S/C19H21N3O4/c1-12(21-19(24)18-9-8-16(11-23)26-18)17-10-20-22(13(17)2)14-4-6-15(25-3)7-5-14/h4-10,12,23H,11H2,1-3H3,(H,21,24)/t12-/m1/s1. The van der Waals surface area contributed by atoms with Crippen LogP contribution in [0.5, 0.6) is 5.75 Å². The first-order valence-electron chi connectivity index (χ1n) is 8.23. The van der Waals surface area contributed by atoms with E-state index in [9.17, 15) is 4.79 Å². The first kappa shape index (κ1) is 17.8. The van der Waals surface area contributed by atoms with Crippen molar-refractivity contribution in [1.82, 2.24) is 15.1 Å². The molecule has 1 amide bonds. The molecule has 0 aliphatic carbocycles. The van der Waals surface area contributed by atoms with Crippen molar-refractivity contribution in [3.63, 3.8) is 0 Å². The number of ether oxygens (including phenoxy) is 1. The highest BCUT2D eigenvalue weighted by molar-refractivity contribution is 5.91. The number of carbonyl (C=O) groups excluding carboxylic acids is 1. The average molecular weight is 355 g/mol. The maximum Gasteiger partial charge on any atom is 0.287 e. The summed E-state index contributed by atoms with van der Waals surface area (Å²) in [6.45, 7) is 3.60. The number of furan rings is 1. The number of hydrogen-bond donors (Lipinski definition) is 2. The van der Waals surface area contributed by atoms with Crippen LogP contribution in [0.3, 0.4) is 0 Å². The van der Waals surface area contributed by atoms with E-state index < -0.39 is 0 Å². The summed E-state index contributed by atoms with van der Waals surface area (Å²) in [6, 6.07) is 10.5. The van der Waals surface area contributed by atoms with Crippen LogP contribution in [0.2, 0.25) is 0 Å². The monoisotopic (exact) mass is 355 g/mol. The van der Waals surface area contributed by atoms with E-state index in [-0.39, 0.29) is 24.3 Å². The Morgan fingerprint density at radius 3 is 2.65 bits per heavy atom. The first-order chi connectivity index (χ1) is 12.5. The van der Waals surface area contributed by atoms with Gasteiger partial charge in [-0.15, -0.1) is 0 Å². The molecule has 0 spiro atoms. The summed E-state index contributed by atoms with van der Waals surface area (Å²) in [5.41, 5.74) is 2.74. The summed E-state index contributed by atoms with van der Waals surface area (Å²) in [5.74, 6) is 0.960. The number of aromatic nitrogens is 2. The van der Waals surface area contributed by atoms with E-state index in [1.165, 1.54) is 0 Å². The van der Waals surface area contributed by atoms with E-state index in [1.54, 1.807) is 25.4 Å². The van der Waals surface area contributed by atoms with Crippen molar-refractivity contribution in [2.24, 2.45) is 0 Å². The number of hydrogen-bond acceptors (Lipinski definition) is 5. The summed E-state index contributed by atoms with van der Waals surface area (Å²) < 4.78 is 12.2. The fraction of sp³-hybridized carbons (Fsp3) is 0.263. The van der Waals surface area contributed by atoms with Crippen molar-refractivity contribution in [3.05, 3.63) is 65.4 Å². The largest absolute Gasteiger partial charge is 0.497 e. The summed E-state index contributed by atoms with van der Waals surface area (Å²) in [4.78, 5) is 12.3. The van der Waals surface area contributed by atoms with E-state index >= 15 is 0 Å². The second-order valence-electron chi connectivity index (χ2n) is 5.91. The summed E-state index contributed by atoms with van der Waals surface area (Å²) in [7, 11) is 1.62. The lowest BCUT2D eigenvalue weighted by atomic mass is 10.1. The molecule has 0 saturated carbocycles. The fourth-order valence-electron chi connectivity index (χ4n) is 2.76. The van der Waals surface area contributed by atoms with E-state index in [4.69, 9.17) is 14.3 Å². The number of benzene rings is 1. The van der Waals surface area contributed by atoms with Crippen LogP contribution in [-0.2, 0) is 6.61 Å². The Hall–Kier alpha value is -3.06. The van der Waals surface area contributed by atoms with Crippen molar-refractivity contribution >= 4 is 5.91 Å². The number of nitrogens with zero attached hydrogens (tertiary/aromatic N) is 2. The lowest BCUT2D eigenvalue weighted by Crippen LogP contribution is -2.26. The van der Waals surface area contributed by atoms with Gasteiger partial charge in [0.15, 0.2) is 5.76 Å². The predicted octanol–water partition coefficient (Wildman–Crippen LogP) is 2.77. The zero-order valence-electron chi connectivity index (χ0n) is 14.9. The minimum Gasteiger partial charge on any atom is -0.497 e. The molecule has 1 atom stereocenters. The third-order valence-corrected chi connectivity index (χ3v) is 4.22. The predicted molar refractivity (Wildman–Crippen MR) is 95.4 cm³/mol. The van der Waals surface area contributed by atoms with Crippen molar-refractivity contribution in [1.29, 1.82) is 0 Å². The van der Waals surface area contributed by atoms with Gasteiger partial charge in [0, 0.05) is 11.3 Å². The number of amides is 1. The molecule has 26 heavy (non-hydrogen) atoms. The Balaban J connectivity index is 1.76. The highest BCUT2D eigenvalue weighted by Gasteiger charge is 2.19. The van der Waals surface area contributed by atoms with Gasteiger partial charge in [0.05, 0.1) is 25.0 Å². The van der Waals surface area contributed by atoms with E-state index in [2.05, 4.69) is 10.4 Å². The van der Waals surface area contributed by atoms with Gasteiger partial charge in [0.25, 0.3) is 5.91 Å². The zero-order chi connectivity index (χ0) is 18.7. The van der Waals surface area contributed by atoms with Crippen LogP contribution in [-0.4, -0.2) is 27.9 Å². The Bertz CT molecular complexity index is 896. The van der Waals surface area contributed by atoms with Gasteiger partial charge in [-0.05, 0) is 50.2 Å². The molecular formula is C19H21N3O4. The topological polar surface area (TPSA) is 89.5 Å². The van der Waals surface area contributed by atoms with Crippen LogP contribution in [0.4, 0.5) is 0 Å². The third kappa shape index (κ3) is 3.48. The molecule has 0 aliphatic heterocycles. The Kier molecular flexibility index (Phi) is 5.09. The molecule has 3 rings (SSSR count). The molecule has 0 bridgehead atoms. The number of aliphatic hydroxyl groups excluding tert-OH is 1. The van der Waals surface area contributed by atoms with E-state index in [0.29, 0.717) is 5.76 Å². The zero-order valence-corrected chi connectivity index (χ0v) is 14.9. The molecule has 0 fully saturated rings. The fourth-order valence-corrected chi connectivity index (χ4v) is 2.76. The van der Waals surface area contributed by atoms with Gasteiger partial charge in [0.1, 0.15) is 18.1 Å². The molecule has 1 aromatic carbocycles. The number of rotatable bonds is 6. The molecule has 7 nitrogen and oxygen atoms in total. The molecule has 0 saturated heterocycles. The Morgan fingerprint density at radius 2 is 2.04 bits per heavy atom. The minimum atomic E-state index is -0.339. The smallest absolute Gasteiger partial charge is 0.287 e. The number of aliphatic hydroxyl groups is 1. The number of nitrogens with one attached hydrogen (secondary N) is 1. The molecule has 0 unspecified atom stereocenters. The summed E-state index contributed by atoms with van der Waals surface area (Å²) in [6.07, 6.45) is 1.74. The highest BCUT2D eigenvalue weighted by atomic mass is 16.5. The SMILES string of the molecule is COc1ccc(-n2ncc([C@@H](C)NC(=O)c3ccc(CO)o3)c2C)cc1. The minimum absolute atomic E-state index is 0.168. The maximum absolute atomic E-state index is 12.3. The van der Waals surface area contributed by atoms with Crippen molar-refractivity contribution in [3.8, 4) is 11.4 Å². The van der Waals surface area contributed by atoms with Gasteiger partial charge in [-0.2, -0.15) is 5.10 Å². The lowest BCUT2D eigenvalue weighted by Gasteiger charge is -2.13. The number of carbonyl (C=O) groups is 1. The first-order valence-corrected chi connectivity index (χ1v) is 8.23. The van der Waals surface area contributed by atoms with Gasteiger partial charge in [-0.3, -0.25) is 4.79 Å². The maximum atomic E-state index is 12.3. The molecular weight excluding hydrogens is 334 g/mol. The normalized spacial score (nSPS) is 12.0. The molecule has 7 heteroatoms. The van der Waals surface area contributed by atoms with Crippen molar-refractivity contribution in [2.45, 2.75) is 26.5 Å². The lowest BCUT2D eigenvalue weighted by molar-refractivity contribution is 0.0907. The van der Waals surface area contributed by atoms with Gasteiger partial charge in [-0.25, -0.2) is 4.68 Å². The molecule has 3 aromatic rings. The highest BCUT2D eigenvalue weighted by Crippen LogP contribution is 2.22. The molecule has 2 heterocycles. The Labute approximate surface area is 151 Å². The van der Waals surface area contributed by atoms with Gasteiger partial charge < -0.3 is 19.6 Å². The second kappa shape index (κ2) is 7.45. The third-order valence-electron chi connectivity index (χ3n) is 4.22. The van der Waals surface area contributed by atoms with Crippen LogP contribution < -0.4 is 10.1 Å². The summed E-state index contributed by atoms with van der Waals surface area (Å²) in [5, 5.41) is 16.3. The molecule has 0 aliphatic rings. The molecule has 2 N–H and O–H groups in total. The van der Waals surface area contributed by atoms with E-state index in [1.807, 2.05) is 42.8 Å². The molecule has 2 aromatic heterocycles.